The Labute approximate surface area is 179 Å². The molecule has 6 nitrogen and oxygen atoms in total. The molecule has 8 heteroatoms. The van der Waals surface area contributed by atoms with Crippen molar-refractivity contribution in [2.24, 2.45) is 0 Å². The van der Waals surface area contributed by atoms with Crippen molar-refractivity contribution in [3.05, 3.63) is 46.9 Å². The van der Waals surface area contributed by atoms with Gasteiger partial charge in [-0.25, -0.2) is 9.37 Å². The summed E-state index contributed by atoms with van der Waals surface area (Å²) < 4.78 is 19.2. The van der Waals surface area contributed by atoms with E-state index in [-0.39, 0.29) is 11.7 Å². The third-order valence-corrected chi connectivity index (χ3v) is 6.04. The molecule has 0 unspecified atom stereocenters. The molecule has 0 bridgehead atoms. The SMILES string of the molecule is CCCNC(=O)c1csc(-c2c(-c3ccc(F)cc3)noc2CN2CCCCC2)n1. The maximum Gasteiger partial charge on any atom is 0.270 e. The van der Waals surface area contributed by atoms with Gasteiger partial charge in [-0.2, -0.15) is 0 Å². The molecule has 3 heterocycles. The first-order chi connectivity index (χ1) is 14.7. The molecule has 30 heavy (non-hydrogen) atoms. The van der Waals surface area contributed by atoms with Crippen LogP contribution in [0.5, 0.6) is 0 Å². The Balaban J connectivity index is 1.69. The van der Waals surface area contributed by atoms with Crippen LogP contribution in [0.4, 0.5) is 4.39 Å². The minimum Gasteiger partial charge on any atom is -0.359 e. The van der Waals surface area contributed by atoms with Gasteiger partial charge in [0.1, 0.15) is 22.2 Å². The van der Waals surface area contributed by atoms with E-state index in [0.29, 0.717) is 29.5 Å². The fraction of sp³-hybridized carbons (Fsp3) is 0.409. The number of amides is 1. The topological polar surface area (TPSA) is 71.3 Å². The highest BCUT2D eigenvalue weighted by atomic mass is 32.1. The van der Waals surface area contributed by atoms with Gasteiger partial charge in [-0.15, -0.1) is 11.3 Å². The van der Waals surface area contributed by atoms with Gasteiger partial charge >= 0.3 is 0 Å². The largest absolute Gasteiger partial charge is 0.359 e. The standard InChI is InChI=1S/C22H25FN4O2S/c1-2-10-24-21(28)17-14-30-22(25-17)19-18(13-27-11-4-3-5-12-27)29-26-20(19)15-6-8-16(23)9-7-15/h6-9,14H,2-5,10-13H2,1H3,(H,24,28). The molecule has 0 atom stereocenters. The normalized spacial score (nSPS) is 14.7. The van der Waals surface area contributed by atoms with Crippen LogP contribution in [0.2, 0.25) is 0 Å². The molecule has 1 aliphatic rings. The highest BCUT2D eigenvalue weighted by molar-refractivity contribution is 7.13. The van der Waals surface area contributed by atoms with Crippen LogP contribution in [-0.4, -0.2) is 40.6 Å². The van der Waals surface area contributed by atoms with Crippen molar-refractivity contribution in [2.75, 3.05) is 19.6 Å². The minimum atomic E-state index is -0.304. The summed E-state index contributed by atoms with van der Waals surface area (Å²) in [5, 5.41) is 9.60. The Morgan fingerprint density at radius 2 is 2.00 bits per heavy atom. The summed E-state index contributed by atoms with van der Waals surface area (Å²) in [6.45, 7) is 5.30. The van der Waals surface area contributed by atoms with E-state index >= 15 is 0 Å². The van der Waals surface area contributed by atoms with Gasteiger partial charge in [0.25, 0.3) is 5.91 Å². The second-order valence-electron chi connectivity index (χ2n) is 7.47. The number of aromatic nitrogens is 2. The highest BCUT2D eigenvalue weighted by Crippen LogP contribution is 2.37. The van der Waals surface area contributed by atoms with E-state index in [1.807, 2.05) is 6.92 Å². The number of thiazole rings is 1. The Morgan fingerprint density at radius 3 is 2.73 bits per heavy atom. The van der Waals surface area contributed by atoms with E-state index < -0.39 is 0 Å². The molecule has 1 N–H and O–H groups in total. The monoisotopic (exact) mass is 428 g/mol. The van der Waals surface area contributed by atoms with Crippen molar-refractivity contribution in [2.45, 2.75) is 39.2 Å². The average Bonchev–Trinajstić information content (AvgIpc) is 3.40. The number of nitrogens with one attached hydrogen (secondary N) is 1. The number of hydrogen-bond acceptors (Lipinski definition) is 6. The molecule has 2 aromatic heterocycles. The van der Waals surface area contributed by atoms with Crippen molar-refractivity contribution < 1.29 is 13.7 Å². The zero-order valence-electron chi connectivity index (χ0n) is 17.0. The van der Waals surface area contributed by atoms with E-state index in [1.165, 1.54) is 42.7 Å². The number of carbonyl (C=O) groups is 1. The molecule has 4 rings (SSSR count). The van der Waals surface area contributed by atoms with Crippen molar-refractivity contribution in [3.8, 4) is 21.8 Å². The molecular formula is C22H25FN4O2S. The lowest BCUT2D eigenvalue weighted by Crippen LogP contribution is -2.29. The van der Waals surface area contributed by atoms with E-state index in [9.17, 15) is 9.18 Å². The predicted octanol–water partition coefficient (Wildman–Crippen LogP) is 4.73. The quantitative estimate of drug-likeness (QED) is 0.589. The molecule has 1 amide bonds. The van der Waals surface area contributed by atoms with Crippen LogP contribution in [0.25, 0.3) is 21.8 Å². The fourth-order valence-electron chi connectivity index (χ4n) is 3.60. The van der Waals surface area contributed by atoms with E-state index in [4.69, 9.17) is 4.52 Å². The molecule has 1 aromatic carbocycles. The van der Waals surface area contributed by atoms with Gasteiger partial charge in [-0.05, 0) is 56.6 Å². The zero-order valence-corrected chi connectivity index (χ0v) is 17.8. The Morgan fingerprint density at radius 1 is 1.23 bits per heavy atom. The average molecular weight is 429 g/mol. The van der Waals surface area contributed by atoms with E-state index in [2.05, 4.69) is 20.4 Å². The number of nitrogens with zero attached hydrogens (tertiary/aromatic N) is 3. The van der Waals surface area contributed by atoms with Crippen LogP contribution in [-0.2, 0) is 6.54 Å². The summed E-state index contributed by atoms with van der Waals surface area (Å²) in [5.74, 6) is 0.240. The van der Waals surface area contributed by atoms with Gasteiger partial charge in [0, 0.05) is 17.5 Å². The lowest BCUT2D eigenvalue weighted by molar-refractivity contribution is 0.0949. The first-order valence-electron chi connectivity index (χ1n) is 10.4. The van der Waals surface area contributed by atoms with Crippen LogP contribution in [0.1, 0.15) is 48.9 Å². The number of halogens is 1. The molecule has 1 fully saturated rings. The summed E-state index contributed by atoms with van der Waals surface area (Å²) in [5.41, 5.74) is 2.55. The van der Waals surface area contributed by atoms with Crippen LogP contribution >= 0.6 is 11.3 Å². The molecule has 0 radical (unpaired) electrons. The summed E-state index contributed by atoms with van der Waals surface area (Å²) in [6, 6.07) is 6.18. The van der Waals surface area contributed by atoms with Gasteiger partial charge in [0.15, 0.2) is 5.76 Å². The summed E-state index contributed by atoms with van der Waals surface area (Å²) in [6.07, 6.45) is 4.47. The second kappa shape index (κ2) is 9.49. The van der Waals surface area contributed by atoms with E-state index in [1.54, 1.807) is 17.5 Å². The summed E-state index contributed by atoms with van der Waals surface area (Å²) in [7, 11) is 0. The molecular weight excluding hydrogens is 403 g/mol. The lowest BCUT2D eigenvalue weighted by atomic mass is 10.1. The molecule has 0 saturated carbocycles. The van der Waals surface area contributed by atoms with Gasteiger partial charge in [0.2, 0.25) is 0 Å². The molecule has 3 aromatic rings. The Bertz CT molecular complexity index is 993. The van der Waals surface area contributed by atoms with E-state index in [0.717, 1.165) is 36.4 Å². The van der Waals surface area contributed by atoms with Crippen molar-refractivity contribution in [1.82, 2.24) is 20.4 Å². The third kappa shape index (κ3) is 4.60. The molecule has 1 aliphatic heterocycles. The smallest absolute Gasteiger partial charge is 0.270 e. The van der Waals surface area contributed by atoms with Gasteiger partial charge < -0.3 is 9.84 Å². The Hall–Kier alpha value is -2.58. The number of benzene rings is 1. The Kier molecular flexibility index (Phi) is 6.54. The minimum absolute atomic E-state index is 0.184. The first-order valence-corrected chi connectivity index (χ1v) is 11.2. The van der Waals surface area contributed by atoms with Crippen molar-refractivity contribution in [1.29, 1.82) is 0 Å². The molecule has 1 saturated heterocycles. The maximum atomic E-state index is 13.4. The van der Waals surface area contributed by atoms with Crippen LogP contribution < -0.4 is 5.32 Å². The summed E-state index contributed by atoms with van der Waals surface area (Å²) in [4.78, 5) is 19.3. The van der Waals surface area contributed by atoms with Crippen LogP contribution in [0.3, 0.4) is 0 Å². The maximum absolute atomic E-state index is 13.4. The van der Waals surface area contributed by atoms with Gasteiger partial charge in [-0.1, -0.05) is 18.5 Å². The van der Waals surface area contributed by atoms with Crippen molar-refractivity contribution in [3.63, 3.8) is 0 Å². The molecule has 158 valence electrons. The van der Waals surface area contributed by atoms with Crippen LogP contribution in [0, 0.1) is 5.82 Å². The first kappa shape index (κ1) is 20.7. The van der Waals surface area contributed by atoms with Crippen LogP contribution in [0.15, 0.2) is 34.2 Å². The number of carbonyl (C=O) groups excluding carboxylic acids is 1. The van der Waals surface area contributed by atoms with Gasteiger partial charge in [0.05, 0.1) is 12.1 Å². The lowest BCUT2D eigenvalue weighted by Gasteiger charge is -2.25. The third-order valence-electron chi connectivity index (χ3n) is 5.18. The molecule has 0 aliphatic carbocycles. The molecule has 0 spiro atoms. The predicted molar refractivity (Wildman–Crippen MR) is 115 cm³/mol. The van der Waals surface area contributed by atoms with Crippen molar-refractivity contribution >= 4 is 17.2 Å². The summed E-state index contributed by atoms with van der Waals surface area (Å²) >= 11 is 1.39. The number of rotatable bonds is 7. The number of likely N-dealkylation sites (tertiary alicyclic amines) is 1. The fourth-order valence-corrected chi connectivity index (χ4v) is 4.46. The second-order valence-corrected chi connectivity index (χ2v) is 8.32. The zero-order chi connectivity index (χ0) is 20.9. The number of hydrogen-bond donors (Lipinski definition) is 1. The highest BCUT2D eigenvalue weighted by Gasteiger charge is 2.25. The number of piperidine rings is 1. The van der Waals surface area contributed by atoms with Gasteiger partial charge in [-0.3, -0.25) is 9.69 Å².